The zero-order chi connectivity index (χ0) is 12.3. The minimum Gasteiger partial charge on any atom is -0.399 e. The van der Waals surface area contributed by atoms with Crippen LogP contribution in [-0.4, -0.2) is 31.6 Å². The number of nitrogen functional groups attached to an aromatic ring is 1. The van der Waals surface area contributed by atoms with Gasteiger partial charge in [0.05, 0.1) is 6.61 Å². The Labute approximate surface area is 95.0 Å². The lowest BCUT2D eigenvalue weighted by molar-refractivity contribution is 0.278. The number of hydrogen-bond acceptors (Lipinski definition) is 5. The Morgan fingerprint density at radius 3 is 2.50 bits per heavy atom. The van der Waals surface area contributed by atoms with Crippen molar-refractivity contribution in [3.05, 3.63) is 29.8 Å². The van der Waals surface area contributed by atoms with E-state index in [1.807, 2.05) is 0 Å². The van der Waals surface area contributed by atoms with Crippen molar-refractivity contribution in [2.75, 3.05) is 18.6 Å². The van der Waals surface area contributed by atoms with Crippen LogP contribution in [0.15, 0.2) is 24.3 Å². The Kier molecular flexibility index (Phi) is 3.90. The maximum atomic E-state index is 11.4. The number of sulfone groups is 1. The summed E-state index contributed by atoms with van der Waals surface area (Å²) < 4.78 is 22.8. The van der Waals surface area contributed by atoms with E-state index in [0.29, 0.717) is 11.3 Å². The topological polar surface area (TPSA) is 106 Å². The third-order valence-electron chi connectivity index (χ3n) is 2.43. The van der Waals surface area contributed by atoms with E-state index in [9.17, 15) is 8.42 Å². The first-order valence-electron chi connectivity index (χ1n) is 4.77. The van der Waals surface area contributed by atoms with Crippen molar-refractivity contribution in [2.45, 2.75) is 11.3 Å². The molecule has 0 amide bonds. The highest BCUT2D eigenvalue weighted by Gasteiger charge is 2.28. The van der Waals surface area contributed by atoms with Crippen molar-refractivity contribution in [1.82, 2.24) is 0 Å². The molecule has 6 heteroatoms. The first-order valence-corrected chi connectivity index (χ1v) is 6.72. The fourth-order valence-electron chi connectivity index (χ4n) is 1.50. The Morgan fingerprint density at radius 2 is 2.06 bits per heavy atom. The van der Waals surface area contributed by atoms with Crippen LogP contribution in [0.1, 0.15) is 11.6 Å². The predicted octanol–water partition coefficient (Wildman–Crippen LogP) is -0.326. The van der Waals surface area contributed by atoms with E-state index in [1.54, 1.807) is 24.3 Å². The Balaban J connectivity index is 3.05. The van der Waals surface area contributed by atoms with E-state index in [2.05, 4.69) is 0 Å². The molecule has 90 valence electrons. The van der Waals surface area contributed by atoms with Crippen molar-refractivity contribution in [3.63, 3.8) is 0 Å². The van der Waals surface area contributed by atoms with Gasteiger partial charge in [0.25, 0.3) is 0 Å². The van der Waals surface area contributed by atoms with Crippen molar-refractivity contribution < 1.29 is 13.5 Å². The number of rotatable bonds is 4. The molecule has 0 saturated heterocycles. The van der Waals surface area contributed by atoms with Crippen molar-refractivity contribution in [3.8, 4) is 0 Å². The van der Waals surface area contributed by atoms with Crippen molar-refractivity contribution >= 4 is 15.5 Å². The van der Waals surface area contributed by atoms with Crippen LogP contribution in [0.25, 0.3) is 0 Å². The molecule has 0 aromatic heterocycles. The molecule has 0 aliphatic carbocycles. The molecule has 0 aliphatic rings. The van der Waals surface area contributed by atoms with E-state index in [4.69, 9.17) is 16.6 Å². The van der Waals surface area contributed by atoms with Gasteiger partial charge in [-0.3, -0.25) is 0 Å². The van der Waals surface area contributed by atoms with Gasteiger partial charge in [-0.25, -0.2) is 8.42 Å². The normalized spacial score (nSPS) is 15.7. The molecule has 16 heavy (non-hydrogen) atoms. The summed E-state index contributed by atoms with van der Waals surface area (Å²) in [5.74, 6) is 0. The van der Waals surface area contributed by atoms with Gasteiger partial charge in [0.15, 0.2) is 9.84 Å². The molecule has 1 aromatic rings. The van der Waals surface area contributed by atoms with Crippen LogP contribution >= 0.6 is 0 Å². The largest absolute Gasteiger partial charge is 0.399 e. The molecule has 0 radical (unpaired) electrons. The highest BCUT2D eigenvalue weighted by atomic mass is 32.2. The quantitative estimate of drug-likeness (QED) is 0.629. The zero-order valence-corrected chi connectivity index (χ0v) is 9.81. The van der Waals surface area contributed by atoms with Gasteiger partial charge in [0.1, 0.15) is 5.25 Å². The van der Waals surface area contributed by atoms with E-state index < -0.39 is 27.7 Å². The molecule has 1 rings (SSSR count). The lowest BCUT2D eigenvalue weighted by Gasteiger charge is -2.20. The first-order chi connectivity index (χ1) is 7.36. The van der Waals surface area contributed by atoms with E-state index in [0.717, 1.165) is 6.26 Å². The SMILES string of the molecule is CS(=O)(=O)[C@H](CO)[C@H](N)c1cccc(N)c1. The molecule has 0 fully saturated rings. The summed E-state index contributed by atoms with van der Waals surface area (Å²) in [7, 11) is -3.39. The van der Waals surface area contributed by atoms with Crippen LogP contribution in [0.4, 0.5) is 5.69 Å². The van der Waals surface area contributed by atoms with E-state index in [1.165, 1.54) is 0 Å². The molecule has 0 unspecified atom stereocenters. The number of hydrogen-bond donors (Lipinski definition) is 3. The molecule has 5 N–H and O–H groups in total. The minimum absolute atomic E-state index is 0.505. The lowest BCUT2D eigenvalue weighted by atomic mass is 10.0. The van der Waals surface area contributed by atoms with Crippen LogP contribution in [0.3, 0.4) is 0 Å². The first kappa shape index (κ1) is 13.0. The number of aliphatic hydroxyl groups excluding tert-OH is 1. The third kappa shape index (κ3) is 2.94. The minimum atomic E-state index is -3.39. The average molecular weight is 244 g/mol. The van der Waals surface area contributed by atoms with Gasteiger partial charge in [0, 0.05) is 18.0 Å². The number of anilines is 1. The highest BCUT2D eigenvalue weighted by molar-refractivity contribution is 7.91. The molecule has 0 spiro atoms. The summed E-state index contributed by atoms with van der Waals surface area (Å²) >= 11 is 0. The second-order valence-electron chi connectivity index (χ2n) is 3.75. The molecule has 0 saturated carbocycles. The second-order valence-corrected chi connectivity index (χ2v) is 6.01. The summed E-state index contributed by atoms with van der Waals surface area (Å²) in [4.78, 5) is 0. The molecular formula is C10H16N2O3S. The molecule has 0 heterocycles. The Morgan fingerprint density at radius 1 is 1.44 bits per heavy atom. The van der Waals surface area contributed by atoms with Crippen LogP contribution in [-0.2, 0) is 9.84 Å². The predicted molar refractivity (Wildman–Crippen MR) is 63.5 cm³/mol. The van der Waals surface area contributed by atoms with Gasteiger partial charge < -0.3 is 16.6 Å². The van der Waals surface area contributed by atoms with E-state index >= 15 is 0 Å². The monoisotopic (exact) mass is 244 g/mol. The molecule has 0 aliphatic heterocycles. The van der Waals surface area contributed by atoms with Gasteiger partial charge in [-0.05, 0) is 17.7 Å². The van der Waals surface area contributed by atoms with Crippen LogP contribution in [0.5, 0.6) is 0 Å². The summed E-state index contributed by atoms with van der Waals surface area (Å²) in [6.07, 6.45) is 1.06. The molecule has 0 bridgehead atoms. The summed E-state index contributed by atoms with van der Waals surface area (Å²) in [5.41, 5.74) is 12.5. The van der Waals surface area contributed by atoms with Crippen LogP contribution in [0.2, 0.25) is 0 Å². The maximum Gasteiger partial charge on any atom is 0.154 e. The van der Waals surface area contributed by atoms with Gasteiger partial charge in [-0.1, -0.05) is 12.1 Å². The fourth-order valence-corrected chi connectivity index (χ4v) is 2.46. The molecule has 5 nitrogen and oxygen atoms in total. The maximum absolute atomic E-state index is 11.4. The number of aliphatic hydroxyl groups is 1. The smallest absolute Gasteiger partial charge is 0.154 e. The Hall–Kier alpha value is -1.11. The molecule has 1 aromatic carbocycles. The highest BCUT2D eigenvalue weighted by Crippen LogP contribution is 2.20. The van der Waals surface area contributed by atoms with Crippen LogP contribution in [0, 0.1) is 0 Å². The summed E-state index contributed by atoms with van der Waals surface area (Å²) in [6.45, 7) is -0.505. The van der Waals surface area contributed by atoms with Gasteiger partial charge in [-0.15, -0.1) is 0 Å². The van der Waals surface area contributed by atoms with Crippen LogP contribution < -0.4 is 11.5 Å². The second kappa shape index (κ2) is 4.82. The van der Waals surface area contributed by atoms with Crippen molar-refractivity contribution in [2.24, 2.45) is 5.73 Å². The third-order valence-corrected chi connectivity index (χ3v) is 3.97. The average Bonchev–Trinajstić information content (AvgIpc) is 2.16. The number of benzene rings is 1. The van der Waals surface area contributed by atoms with Gasteiger partial charge in [0.2, 0.25) is 0 Å². The summed E-state index contributed by atoms with van der Waals surface area (Å²) in [6, 6.07) is 5.91. The van der Waals surface area contributed by atoms with E-state index in [-0.39, 0.29) is 0 Å². The molecular weight excluding hydrogens is 228 g/mol. The van der Waals surface area contributed by atoms with Gasteiger partial charge in [-0.2, -0.15) is 0 Å². The zero-order valence-electron chi connectivity index (χ0n) is 9.00. The lowest BCUT2D eigenvalue weighted by Crippen LogP contribution is -2.36. The fraction of sp³-hybridized carbons (Fsp3) is 0.400. The van der Waals surface area contributed by atoms with Gasteiger partial charge >= 0.3 is 0 Å². The Bertz CT molecular complexity index is 459. The standard InChI is InChI=1S/C10H16N2O3S/c1-16(14,15)9(6-13)10(12)7-3-2-4-8(11)5-7/h2-5,9-10,13H,6,11-12H2,1H3/t9-,10-/m1/s1. The number of nitrogens with two attached hydrogens (primary N) is 2. The van der Waals surface area contributed by atoms with Crippen molar-refractivity contribution in [1.29, 1.82) is 0 Å². The molecule has 2 atom stereocenters. The summed E-state index contributed by atoms with van der Waals surface area (Å²) in [5, 5.41) is 8.07.